The number of piperazine rings is 1. The van der Waals surface area contributed by atoms with E-state index in [1.165, 1.54) is 6.42 Å². The van der Waals surface area contributed by atoms with Crippen LogP contribution >= 0.6 is 0 Å². The molecule has 1 heterocycles. The van der Waals surface area contributed by atoms with Crippen LogP contribution in [0.15, 0.2) is 0 Å². The molecular formula is C17H30N2O2. The van der Waals surface area contributed by atoms with Gasteiger partial charge in [-0.15, -0.1) is 0 Å². The Morgan fingerprint density at radius 1 is 1.19 bits per heavy atom. The Kier molecular flexibility index (Phi) is 4.95. The molecule has 2 fully saturated rings. The van der Waals surface area contributed by atoms with Crippen LogP contribution in [0.2, 0.25) is 0 Å². The molecule has 1 aliphatic heterocycles. The first-order valence-electron chi connectivity index (χ1n) is 8.57. The highest BCUT2D eigenvalue weighted by atomic mass is 16.2. The van der Waals surface area contributed by atoms with E-state index in [1.807, 2.05) is 25.7 Å². The van der Waals surface area contributed by atoms with E-state index >= 15 is 0 Å². The number of hydrogen-bond donors (Lipinski definition) is 1. The summed E-state index contributed by atoms with van der Waals surface area (Å²) in [5.74, 6) is 0.885. The van der Waals surface area contributed by atoms with E-state index in [4.69, 9.17) is 0 Å². The molecule has 0 spiro atoms. The van der Waals surface area contributed by atoms with Gasteiger partial charge in [-0.2, -0.15) is 0 Å². The summed E-state index contributed by atoms with van der Waals surface area (Å²) in [7, 11) is 0. The van der Waals surface area contributed by atoms with Crippen molar-refractivity contribution in [1.82, 2.24) is 10.2 Å². The molecule has 4 unspecified atom stereocenters. The van der Waals surface area contributed by atoms with Crippen molar-refractivity contribution in [3.63, 3.8) is 0 Å². The number of carbonyl (C=O) groups is 2. The van der Waals surface area contributed by atoms with E-state index in [0.29, 0.717) is 12.8 Å². The van der Waals surface area contributed by atoms with Crippen LogP contribution in [-0.4, -0.2) is 34.3 Å². The van der Waals surface area contributed by atoms with Crippen molar-refractivity contribution in [3.8, 4) is 0 Å². The zero-order valence-corrected chi connectivity index (χ0v) is 13.9. The van der Waals surface area contributed by atoms with Crippen LogP contribution in [0.3, 0.4) is 0 Å². The number of carbonyl (C=O) groups excluding carboxylic acids is 2. The highest BCUT2D eigenvalue weighted by Gasteiger charge is 2.48. The number of hydrogen-bond acceptors (Lipinski definition) is 2. The molecule has 120 valence electrons. The maximum atomic E-state index is 13.0. The fourth-order valence-corrected chi connectivity index (χ4v) is 3.75. The number of amides is 2. The van der Waals surface area contributed by atoms with Gasteiger partial charge in [0, 0.05) is 6.04 Å². The lowest BCUT2D eigenvalue weighted by Gasteiger charge is -2.47. The van der Waals surface area contributed by atoms with E-state index in [0.717, 1.165) is 31.6 Å². The van der Waals surface area contributed by atoms with Crippen molar-refractivity contribution < 1.29 is 9.59 Å². The first-order valence-corrected chi connectivity index (χ1v) is 8.57. The lowest BCUT2D eigenvalue weighted by atomic mass is 9.88. The van der Waals surface area contributed by atoms with Gasteiger partial charge in [0.25, 0.3) is 0 Å². The topological polar surface area (TPSA) is 49.4 Å². The molecule has 2 aliphatic rings. The predicted molar refractivity (Wildman–Crippen MR) is 83.8 cm³/mol. The minimum absolute atomic E-state index is 0.0266. The van der Waals surface area contributed by atoms with Gasteiger partial charge in [0.05, 0.1) is 0 Å². The van der Waals surface area contributed by atoms with E-state index in [9.17, 15) is 9.59 Å². The molecule has 21 heavy (non-hydrogen) atoms. The lowest BCUT2D eigenvalue weighted by Crippen LogP contribution is -2.70. The van der Waals surface area contributed by atoms with Crippen LogP contribution in [0.4, 0.5) is 0 Å². The normalized spacial score (nSPS) is 38.1. The van der Waals surface area contributed by atoms with E-state index in [1.54, 1.807) is 0 Å². The average molecular weight is 294 g/mol. The van der Waals surface area contributed by atoms with Gasteiger partial charge in [-0.3, -0.25) is 9.59 Å². The molecule has 1 saturated heterocycles. The minimum atomic E-state index is -0.722. The largest absolute Gasteiger partial charge is 0.340 e. The van der Waals surface area contributed by atoms with Crippen molar-refractivity contribution in [2.24, 2.45) is 5.92 Å². The Bertz CT molecular complexity index is 410. The van der Waals surface area contributed by atoms with Crippen molar-refractivity contribution in [3.05, 3.63) is 0 Å². The monoisotopic (exact) mass is 294 g/mol. The Balaban J connectivity index is 2.27. The number of nitrogens with one attached hydrogen (secondary N) is 1. The average Bonchev–Trinajstić information content (AvgIpc) is 2.67. The Morgan fingerprint density at radius 3 is 2.52 bits per heavy atom. The maximum Gasteiger partial charge on any atom is 0.248 e. The van der Waals surface area contributed by atoms with Crippen LogP contribution in [0.5, 0.6) is 0 Å². The lowest BCUT2D eigenvalue weighted by molar-refractivity contribution is -0.158. The van der Waals surface area contributed by atoms with Gasteiger partial charge in [-0.25, -0.2) is 0 Å². The number of rotatable bonds is 3. The van der Waals surface area contributed by atoms with Gasteiger partial charge in [-0.1, -0.05) is 33.6 Å². The summed E-state index contributed by atoms with van der Waals surface area (Å²) in [6, 6.07) is -0.0418. The Labute approximate surface area is 128 Å². The molecular weight excluding hydrogens is 264 g/mol. The summed E-state index contributed by atoms with van der Waals surface area (Å²) in [6.07, 6.45) is 6.99. The third-order valence-corrected chi connectivity index (χ3v) is 5.46. The van der Waals surface area contributed by atoms with Crippen LogP contribution in [0, 0.1) is 5.92 Å². The Morgan fingerprint density at radius 2 is 1.90 bits per heavy atom. The smallest absolute Gasteiger partial charge is 0.248 e. The summed E-state index contributed by atoms with van der Waals surface area (Å²) >= 11 is 0. The van der Waals surface area contributed by atoms with Gasteiger partial charge in [0.1, 0.15) is 11.6 Å². The fourth-order valence-electron chi connectivity index (χ4n) is 3.75. The summed E-state index contributed by atoms with van der Waals surface area (Å²) in [4.78, 5) is 27.4. The molecule has 0 bridgehead atoms. The van der Waals surface area contributed by atoms with Crippen molar-refractivity contribution in [2.75, 3.05) is 0 Å². The van der Waals surface area contributed by atoms with Crippen molar-refractivity contribution in [1.29, 1.82) is 0 Å². The molecule has 1 aliphatic carbocycles. The van der Waals surface area contributed by atoms with E-state index in [-0.39, 0.29) is 23.9 Å². The molecule has 0 aromatic carbocycles. The summed E-state index contributed by atoms with van der Waals surface area (Å²) in [6.45, 7) is 8.13. The van der Waals surface area contributed by atoms with Gasteiger partial charge >= 0.3 is 0 Å². The first kappa shape index (κ1) is 16.3. The second kappa shape index (κ2) is 6.37. The van der Waals surface area contributed by atoms with Crippen molar-refractivity contribution >= 4 is 11.8 Å². The second-order valence-corrected chi connectivity index (χ2v) is 7.08. The molecule has 4 nitrogen and oxygen atoms in total. The van der Waals surface area contributed by atoms with E-state index < -0.39 is 5.54 Å². The van der Waals surface area contributed by atoms with Gasteiger partial charge in [0.2, 0.25) is 11.8 Å². The van der Waals surface area contributed by atoms with Gasteiger partial charge < -0.3 is 10.2 Å². The van der Waals surface area contributed by atoms with Crippen molar-refractivity contribution in [2.45, 2.75) is 90.3 Å². The zero-order chi connectivity index (χ0) is 15.6. The molecule has 1 saturated carbocycles. The molecule has 2 rings (SSSR count). The summed E-state index contributed by atoms with van der Waals surface area (Å²) < 4.78 is 0. The molecule has 0 aromatic rings. The molecule has 1 N–H and O–H groups in total. The summed E-state index contributed by atoms with van der Waals surface area (Å²) in [5.41, 5.74) is -0.722. The SMILES string of the molecule is CCC1C(=O)NC(C)(CC)C(=O)N1C1CCCC(C)CC1. The highest BCUT2D eigenvalue weighted by Crippen LogP contribution is 2.32. The minimum Gasteiger partial charge on any atom is -0.340 e. The van der Waals surface area contributed by atoms with E-state index in [2.05, 4.69) is 12.2 Å². The zero-order valence-electron chi connectivity index (χ0n) is 13.9. The third-order valence-electron chi connectivity index (χ3n) is 5.46. The maximum absolute atomic E-state index is 13.0. The van der Waals surface area contributed by atoms with Crippen LogP contribution in [0.25, 0.3) is 0 Å². The molecule has 4 heteroatoms. The fraction of sp³-hybridized carbons (Fsp3) is 0.882. The summed E-state index contributed by atoms with van der Waals surface area (Å²) in [5, 5.41) is 2.96. The van der Waals surface area contributed by atoms with Crippen LogP contribution in [0.1, 0.15) is 72.6 Å². The molecule has 0 radical (unpaired) electrons. The third kappa shape index (κ3) is 3.09. The molecule has 2 amide bonds. The van der Waals surface area contributed by atoms with Crippen LogP contribution in [-0.2, 0) is 9.59 Å². The number of nitrogens with zero attached hydrogens (tertiary/aromatic N) is 1. The quantitative estimate of drug-likeness (QED) is 0.814. The van der Waals surface area contributed by atoms with Gasteiger partial charge in [0.15, 0.2) is 0 Å². The highest BCUT2D eigenvalue weighted by molar-refractivity contribution is 5.99. The standard InChI is InChI=1S/C17H30N2O2/c1-5-14-15(20)18-17(4,6-2)16(21)19(14)13-9-7-8-12(3)10-11-13/h12-14H,5-11H2,1-4H3,(H,18,20). The van der Waals surface area contributed by atoms with Crippen LogP contribution < -0.4 is 5.32 Å². The first-order chi connectivity index (χ1) is 9.92. The molecule has 4 atom stereocenters. The second-order valence-electron chi connectivity index (χ2n) is 7.08. The van der Waals surface area contributed by atoms with Gasteiger partial charge in [-0.05, 0) is 44.9 Å². The predicted octanol–water partition coefficient (Wildman–Crippen LogP) is 2.86. The molecule has 0 aromatic heterocycles. The Hall–Kier alpha value is -1.06.